The van der Waals surface area contributed by atoms with Crippen molar-refractivity contribution >= 4 is 23.4 Å². The van der Waals surface area contributed by atoms with Crippen molar-refractivity contribution in [2.24, 2.45) is 0 Å². The maximum atomic E-state index is 12.5. The van der Waals surface area contributed by atoms with E-state index in [9.17, 15) is 9.59 Å². The quantitative estimate of drug-likeness (QED) is 0.689. The molecule has 0 unspecified atom stereocenters. The number of carbonyl (C=O) groups excluding carboxylic acids is 2. The van der Waals surface area contributed by atoms with Crippen LogP contribution in [0.1, 0.15) is 35.8 Å². The average molecular weight is 379 g/mol. The highest BCUT2D eigenvalue weighted by Crippen LogP contribution is 2.24. The third kappa shape index (κ3) is 5.06. The molecule has 26 heavy (non-hydrogen) atoms. The monoisotopic (exact) mass is 378 g/mol. The van der Waals surface area contributed by atoms with Gasteiger partial charge in [0.2, 0.25) is 5.91 Å². The molecule has 0 bridgehead atoms. The molecule has 0 aliphatic carbocycles. The van der Waals surface area contributed by atoms with Gasteiger partial charge in [-0.3, -0.25) is 9.59 Å². The zero-order valence-corrected chi connectivity index (χ0v) is 15.8. The van der Waals surface area contributed by atoms with Gasteiger partial charge in [-0.15, -0.1) is 0 Å². The highest BCUT2D eigenvalue weighted by atomic mass is 35.5. The first-order chi connectivity index (χ1) is 12.4. The molecule has 0 atom stereocenters. The summed E-state index contributed by atoms with van der Waals surface area (Å²) in [4.78, 5) is 24.2. The van der Waals surface area contributed by atoms with Gasteiger partial charge in [-0.1, -0.05) is 31.5 Å². The van der Waals surface area contributed by atoms with E-state index in [1.165, 1.54) is 6.20 Å². The van der Waals surface area contributed by atoms with Crippen molar-refractivity contribution in [2.45, 2.75) is 19.8 Å². The molecule has 0 saturated heterocycles. The second kappa shape index (κ2) is 9.35. The van der Waals surface area contributed by atoms with E-state index in [2.05, 4.69) is 15.7 Å². The van der Waals surface area contributed by atoms with Crippen LogP contribution in [0.4, 0.5) is 0 Å². The van der Waals surface area contributed by atoms with Crippen LogP contribution in [0.5, 0.6) is 0 Å². The minimum atomic E-state index is -0.344. The Morgan fingerprint density at radius 1 is 1.31 bits per heavy atom. The summed E-state index contributed by atoms with van der Waals surface area (Å²) in [5, 5.41) is 10.2. The molecule has 1 heterocycles. The number of methoxy groups -OCH3 is 1. The minimum absolute atomic E-state index is 0.0489. The number of aromatic nitrogens is 2. The van der Waals surface area contributed by atoms with Crippen molar-refractivity contribution in [1.82, 2.24) is 20.4 Å². The van der Waals surface area contributed by atoms with E-state index in [1.807, 2.05) is 26.0 Å². The van der Waals surface area contributed by atoms with Crippen LogP contribution in [0, 0.1) is 0 Å². The summed E-state index contributed by atoms with van der Waals surface area (Å²) in [6, 6.07) is 7.26. The van der Waals surface area contributed by atoms with Gasteiger partial charge in [0.1, 0.15) is 0 Å². The van der Waals surface area contributed by atoms with Crippen molar-refractivity contribution in [2.75, 3.05) is 26.8 Å². The largest absolute Gasteiger partial charge is 0.383 e. The summed E-state index contributed by atoms with van der Waals surface area (Å²) in [5.41, 5.74) is 1.96. The van der Waals surface area contributed by atoms with Gasteiger partial charge in [0.15, 0.2) is 0 Å². The lowest BCUT2D eigenvalue weighted by atomic mass is 10.1. The van der Waals surface area contributed by atoms with Crippen LogP contribution >= 0.6 is 11.6 Å². The fourth-order valence-electron chi connectivity index (χ4n) is 2.51. The zero-order chi connectivity index (χ0) is 19.1. The molecular weight excluding hydrogens is 356 g/mol. The SMILES string of the molecule is COCCNC(=O)CNC(=O)c1cnn(-c2cccc(Cl)c2)c1C(C)C. The summed E-state index contributed by atoms with van der Waals surface area (Å²) in [5.74, 6) is -0.569. The molecule has 8 heteroatoms. The van der Waals surface area contributed by atoms with E-state index < -0.39 is 0 Å². The highest BCUT2D eigenvalue weighted by Gasteiger charge is 2.21. The molecule has 2 rings (SSSR count). The first kappa shape index (κ1) is 19.9. The number of benzene rings is 1. The molecule has 1 aromatic heterocycles. The zero-order valence-electron chi connectivity index (χ0n) is 15.1. The Hall–Kier alpha value is -2.38. The van der Waals surface area contributed by atoms with Crippen LogP contribution in [0.3, 0.4) is 0 Å². The number of ether oxygens (including phenoxy) is 1. The molecule has 0 aliphatic rings. The number of hydrogen-bond donors (Lipinski definition) is 2. The van der Waals surface area contributed by atoms with Crippen LogP contribution in [-0.4, -0.2) is 48.4 Å². The van der Waals surface area contributed by atoms with Gasteiger partial charge in [0.25, 0.3) is 5.91 Å². The maximum absolute atomic E-state index is 12.5. The van der Waals surface area contributed by atoms with Gasteiger partial charge < -0.3 is 15.4 Å². The Morgan fingerprint density at radius 2 is 2.08 bits per heavy atom. The molecule has 140 valence electrons. The van der Waals surface area contributed by atoms with Gasteiger partial charge in [-0.25, -0.2) is 4.68 Å². The van der Waals surface area contributed by atoms with E-state index >= 15 is 0 Å². The second-order valence-electron chi connectivity index (χ2n) is 6.02. The second-order valence-corrected chi connectivity index (χ2v) is 6.45. The molecule has 0 radical (unpaired) electrons. The molecule has 2 N–H and O–H groups in total. The van der Waals surface area contributed by atoms with E-state index in [0.29, 0.717) is 23.7 Å². The molecule has 2 aromatic rings. The van der Waals surface area contributed by atoms with Crippen molar-refractivity contribution in [3.8, 4) is 5.69 Å². The third-order valence-corrected chi connectivity index (χ3v) is 3.92. The van der Waals surface area contributed by atoms with E-state index in [4.69, 9.17) is 16.3 Å². The molecule has 2 amide bonds. The molecule has 7 nitrogen and oxygen atoms in total. The van der Waals surface area contributed by atoms with Crippen molar-refractivity contribution < 1.29 is 14.3 Å². The lowest BCUT2D eigenvalue weighted by Gasteiger charge is -2.13. The van der Waals surface area contributed by atoms with Crippen LogP contribution in [0.2, 0.25) is 5.02 Å². The molecular formula is C18H23ClN4O3. The highest BCUT2D eigenvalue weighted by molar-refractivity contribution is 6.30. The Bertz CT molecular complexity index is 774. The van der Waals surface area contributed by atoms with Gasteiger partial charge in [-0.2, -0.15) is 5.10 Å². The van der Waals surface area contributed by atoms with Crippen molar-refractivity contribution in [3.63, 3.8) is 0 Å². The van der Waals surface area contributed by atoms with Gasteiger partial charge in [0, 0.05) is 18.7 Å². The molecule has 0 saturated carbocycles. The van der Waals surface area contributed by atoms with Crippen molar-refractivity contribution in [3.05, 3.63) is 46.7 Å². The van der Waals surface area contributed by atoms with E-state index in [0.717, 1.165) is 11.4 Å². The normalized spacial score (nSPS) is 10.8. The summed E-state index contributed by atoms with van der Waals surface area (Å²) in [6.45, 7) is 4.67. The van der Waals surface area contributed by atoms with Crippen molar-refractivity contribution in [1.29, 1.82) is 0 Å². The van der Waals surface area contributed by atoms with E-state index in [-0.39, 0.29) is 24.3 Å². The average Bonchev–Trinajstić information content (AvgIpc) is 3.05. The fraction of sp³-hybridized carbons (Fsp3) is 0.389. The molecule has 1 aromatic carbocycles. The predicted molar refractivity (Wildman–Crippen MR) is 99.9 cm³/mol. The maximum Gasteiger partial charge on any atom is 0.255 e. The Balaban J connectivity index is 2.14. The first-order valence-corrected chi connectivity index (χ1v) is 8.69. The lowest BCUT2D eigenvalue weighted by Crippen LogP contribution is -2.38. The summed E-state index contributed by atoms with van der Waals surface area (Å²) < 4.78 is 6.56. The van der Waals surface area contributed by atoms with Gasteiger partial charge in [-0.05, 0) is 24.1 Å². The standard InChI is InChI=1S/C18H23ClN4O3/c1-12(2)17-15(18(25)21-11-16(24)20-7-8-26-3)10-22-23(17)14-6-4-5-13(19)9-14/h4-6,9-10,12H,7-8,11H2,1-3H3,(H,20,24)(H,21,25). The smallest absolute Gasteiger partial charge is 0.255 e. The summed E-state index contributed by atoms with van der Waals surface area (Å²) in [7, 11) is 1.55. The number of nitrogens with one attached hydrogen (secondary N) is 2. The molecule has 0 fully saturated rings. The number of carbonyl (C=O) groups is 2. The van der Waals surface area contributed by atoms with Crippen LogP contribution in [0.25, 0.3) is 5.69 Å². The van der Waals surface area contributed by atoms with E-state index in [1.54, 1.807) is 23.9 Å². The number of amides is 2. The Morgan fingerprint density at radius 3 is 2.73 bits per heavy atom. The summed E-state index contributed by atoms with van der Waals surface area (Å²) >= 11 is 6.06. The Labute approximate surface area is 157 Å². The first-order valence-electron chi connectivity index (χ1n) is 8.31. The van der Waals surface area contributed by atoms with Gasteiger partial charge in [0.05, 0.1) is 36.3 Å². The number of halogens is 1. The number of nitrogens with zero attached hydrogens (tertiary/aromatic N) is 2. The lowest BCUT2D eigenvalue weighted by molar-refractivity contribution is -0.120. The third-order valence-electron chi connectivity index (χ3n) is 3.69. The topological polar surface area (TPSA) is 85.2 Å². The van der Waals surface area contributed by atoms with Crippen LogP contribution < -0.4 is 10.6 Å². The van der Waals surface area contributed by atoms with Crippen LogP contribution in [-0.2, 0) is 9.53 Å². The fourth-order valence-corrected chi connectivity index (χ4v) is 2.70. The Kier molecular flexibility index (Phi) is 7.17. The molecule has 0 spiro atoms. The van der Waals surface area contributed by atoms with Crippen LogP contribution in [0.15, 0.2) is 30.5 Å². The molecule has 0 aliphatic heterocycles. The predicted octanol–water partition coefficient (Wildman–Crippen LogP) is 2.14. The minimum Gasteiger partial charge on any atom is -0.383 e. The number of rotatable bonds is 8. The summed E-state index contributed by atoms with van der Waals surface area (Å²) in [6.07, 6.45) is 1.51. The van der Waals surface area contributed by atoms with Gasteiger partial charge >= 0.3 is 0 Å². The number of hydrogen-bond acceptors (Lipinski definition) is 4.